The van der Waals surface area contributed by atoms with E-state index in [1.54, 1.807) is 19.2 Å². The van der Waals surface area contributed by atoms with Crippen molar-refractivity contribution in [3.63, 3.8) is 0 Å². The number of halogens is 7. The maximum atomic E-state index is 14.0. The van der Waals surface area contributed by atoms with Crippen LogP contribution in [0.2, 0.25) is 0 Å². The van der Waals surface area contributed by atoms with Crippen LogP contribution >= 0.6 is 23.6 Å². The van der Waals surface area contributed by atoms with Gasteiger partial charge in [0.25, 0.3) is 0 Å². The van der Waals surface area contributed by atoms with E-state index >= 15 is 0 Å². The zero-order valence-corrected chi connectivity index (χ0v) is 17.1. The van der Waals surface area contributed by atoms with Crippen molar-refractivity contribution in [3.8, 4) is 0 Å². The largest absolute Gasteiger partial charge is 0.465 e. The van der Waals surface area contributed by atoms with E-state index in [0.717, 1.165) is 18.4 Å². The highest BCUT2D eigenvalue weighted by Gasteiger charge is 2.42. The Balaban J connectivity index is 2.43. The Morgan fingerprint density at radius 2 is 1.60 bits per heavy atom. The van der Waals surface area contributed by atoms with Gasteiger partial charge in [-0.25, -0.2) is 22.4 Å². The molecule has 0 atom stereocenters. The highest BCUT2D eigenvalue weighted by molar-refractivity contribution is 7.80. The second kappa shape index (κ2) is 8.76. The average Bonchev–Trinajstić information content (AvgIpc) is 2.96. The molecule has 0 aliphatic carbocycles. The maximum absolute atomic E-state index is 14.0. The molecule has 1 aromatic heterocycles. The SMILES string of the molecule is CCc1c(C)sc(NC(=S)Nc2c(F)c(F)c(C(F)(F)F)c(F)c2F)c1C(=O)OC. The Labute approximate surface area is 175 Å². The molecular formula is C17H13F7N2O2S2. The molecule has 2 rings (SSSR count). The Kier molecular flexibility index (Phi) is 6.97. The van der Waals surface area contributed by atoms with Crippen LogP contribution < -0.4 is 10.6 Å². The van der Waals surface area contributed by atoms with E-state index in [0.29, 0.717) is 16.9 Å². The van der Waals surface area contributed by atoms with Gasteiger partial charge in [-0.15, -0.1) is 11.3 Å². The van der Waals surface area contributed by atoms with Crippen molar-refractivity contribution < 1.29 is 40.3 Å². The van der Waals surface area contributed by atoms with E-state index in [1.165, 1.54) is 0 Å². The number of ether oxygens (including phenoxy) is 1. The predicted octanol–water partition coefficient (Wildman–Crippen LogP) is 5.79. The zero-order valence-electron chi connectivity index (χ0n) is 15.5. The minimum Gasteiger partial charge on any atom is -0.465 e. The molecule has 0 amide bonds. The van der Waals surface area contributed by atoms with Gasteiger partial charge < -0.3 is 15.4 Å². The number of aryl methyl sites for hydroxylation is 1. The third-order valence-electron chi connectivity index (χ3n) is 3.96. The summed E-state index contributed by atoms with van der Waals surface area (Å²) in [7, 11) is 1.13. The van der Waals surface area contributed by atoms with Gasteiger partial charge in [-0.05, 0) is 31.1 Å². The number of benzene rings is 1. The molecule has 164 valence electrons. The number of thiophene rings is 1. The number of carbonyl (C=O) groups excluding carboxylic acids is 1. The Morgan fingerprint density at radius 3 is 2.03 bits per heavy atom. The highest BCUT2D eigenvalue weighted by atomic mass is 32.1. The Morgan fingerprint density at radius 1 is 1.07 bits per heavy atom. The first-order valence-corrected chi connectivity index (χ1v) is 9.29. The van der Waals surface area contributed by atoms with Gasteiger partial charge >= 0.3 is 12.1 Å². The van der Waals surface area contributed by atoms with E-state index in [1.807, 2.05) is 0 Å². The second-order valence-corrected chi connectivity index (χ2v) is 7.40. The van der Waals surface area contributed by atoms with Gasteiger partial charge in [-0.3, -0.25) is 0 Å². The molecule has 4 nitrogen and oxygen atoms in total. The smallest absolute Gasteiger partial charge is 0.422 e. The van der Waals surface area contributed by atoms with Crippen LogP contribution in [-0.2, 0) is 17.3 Å². The van der Waals surface area contributed by atoms with Crippen LogP contribution in [0.25, 0.3) is 0 Å². The van der Waals surface area contributed by atoms with Crippen molar-refractivity contribution in [2.75, 3.05) is 17.7 Å². The molecule has 0 saturated carbocycles. The summed E-state index contributed by atoms with van der Waals surface area (Å²) >= 11 is 5.88. The van der Waals surface area contributed by atoms with Crippen LogP contribution in [-0.4, -0.2) is 18.2 Å². The molecule has 0 spiro atoms. The van der Waals surface area contributed by atoms with Crippen LogP contribution in [0.1, 0.15) is 33.3 Å². The van der Waals surface area contributed by atoms with Gasteiger partial charge in [0.2, 0.25) is 0 Å². The van der Waals surface area contributed by atoms with E-state index < -0.39 is 51.8 Å². The molecule has 30 heavy (non-hydrogen) atoms. The van der Waals surface area contributed by atoms with Gasteiger partial charge in [-0.2, -0.15) is 13.2 Å². The van der Waals surface area contributed by atoms with E-state index in [9.17, 15) is 35.5 Å². The summed E-state index contributed by atoms with van der Waals surface area (Å²) in [6, 6.07) is 0. The number of anilines is 2. The average molecular weight is 474 g/mol. The minimum absolute atomic E-state index is 0.0948. The molecule has 2 aromatic rings. The molecule has 0 saturated heterocycles. The summed E-state index contributed by atoms with van der Waals surface area (Å²) in [4.78, 5) is 12.8. The standard InChI is InChI=1S/C17H13F7N2O2S2/c1-4-6-5(2)30-14(7(6)15(27)28-3)26-16(29)25-13-11(20)9(18)8(17(22,23)24)10(19)12(13)21/h4H2,1-3H3,(H2,25,26,29). The highest BCUT2D eigenvalue weighted by Crippen LogP contribution is 2.39. The third-order valence-corrected chi connectivity index (χ3v) is 5.23. The molecule has 0 unspecified atom stereocenters. The molecule has 0 radical (unpaired) electrons. The number of alkyl halides is 3. The zero-order chi connectivity index (χ0) is 23.0. The molecule has 1 aromatic carbocycles. The number of hydrogen-bond donors (Lipinski definition) is 2. The number of methoxy groups -OCH3 is 1. The van der Waals surface area contributed by atoms with Crippen LogP contribution in [0.15, 0.2) is 0 Å². The van der Waals surface area contributed by atoms with Crippen LogP contribution in [0, 0.1) is 30.2 Å². The summed E-state index contributed by atoms with van der Waals surface area (Å²) in [5, 5.41) is 3.73. The van der Waals surface area contributed by atoms with Gasteiger partial charge in [0.05, 0.1) is 12.7 Å². The quantitative estimate of drug-likeness (QED) is 0.254. The maximum Gasteiger partial charge on any atom is 0.422 e. The predicted molar refractivity (Wildman–Crippen MR) is 101 cm³/mol. The van der Waals surface area contributed by atoms with Gasteiger partial charge in [0.1, 0.15) is 16.3 Å². The number of thiocarbonyl (C=S) groups is 1. The third kappa shape index (κ3) is 4.36. The van der Waals surface area contributed by atoms with Crippen molar-refractivity contribution in [2.45, 2.75) is 26.4 Å². The fraction of sp³-hybridized carbons (Fsp3) is 0.294. The summed E-state index contributed by atoms with van der Waals surface area (Å²) in [6.45, 7) is 3.46. The lowest BCUT2D eigenvalue weighted by Gasteiger charge is -2.16. The topological polar surface area (TPSA) is 50.4 Å². The first kappa shape index (κ1) is 23.9. The van der Waals surface area contributed by atoms with Crippen molar-refractivity contribution in [1.29, 1.82) is 0 Å². The van der Waals surface area contributed by atoms with Crippen LogP contribution in [0.3, 0.4) is 0 Å². The van der Waals surface area contributed by atoms with Crippen molar-refractivity contribution in [3.05, 3.63) is 44.8 Å². The lowest BCUT2D eigenvalue weighted by molar-refractivity contribution is -0.143. The molecule has 0 aliphatic heterocycles. The second-order valence-electron chi connectivity index (χ2n) is 5.77. The van der Waals surface area contributed by atoms with Gasteiger partial charge in [-0.1, -0.05) is 6.92 Å². The fourth-order valence-electron chi connectivity index (χ4n) is 2.65. The van der Waals surface area contributed by atoms with Gasteiger partial charge in [0.15, 0.2) is 28.4 Å². The first-order valence-electron chi connectivity index (χ1n) is 8.06. The van der Waals surface area contributed by atoms with E-state index in [2.05, 4.69) is 10.1 Å². The number of nitrogens with one attached hydrogen (secondary N) is 2. The van der Waals surface area contributed by atoms with Crippen molar-refractivity contribution in [2.24, 2.45) is 0 Å². The van der Waals surface area contributed by atoms with Crippen molar-refractivity contribution in [1.82, 2.24) is 0 Å². The molecule has 0 aliphatic rings. The fourth-order valence-corrected chi connectivity index (χ4v) is 4.05. The monoisotopic (exact) mass is 474 g/mol. The first-order chi connectivity index (χ1) is 13.8. The molecule has 0 bridgehead atoms. The van der Waals surface area contributed by atoms with Gasteiger partial charge in [0, 0.05) is 4.88 Å². The number of carbonyl (C=O) groups is 1. The molecule has 0 fully saturated rings. The summed E-state index contributed by atoms with van der Waals surface area (Å²) in [5.74, 6) is -10.6. The molecular weight excluding hydrogens is 461 g/mol. The van der Waals surface area contributed by atoms with Crippen LogP contribution in [0.5, 0.6) is 0 Å². The van der Waals surface area contributed by atoms with Crippen LogP contribution in [0.4, 0.5) is 41.4 Å². The Bertz CT molecular complexity index is 990. The summed E-state index contributed by atoms with van der Waals surface area (Å²) in [5.41, 5.74) is -3.55. The molecule has 1 heterocycles. The number of esters is 1. The summed E-state index contributed by atoms with van der Waals surface area (Å²) in [6.07, 6.45) is -5.22. The normalized spacial score (nSPS) is 11.4. The van der Waals surface area contributed by atoms with Crippen molar-refractivity contribution >= 4 is 45.3 Å². The molecule has 2 N–H and O–H groups in total. The lowest BCUT2D eigenvalue weighted by atomic mass is 10.1. The van der Waals surface area contributed by atoms with E-state index in [-0.39, 0.29) is 10.6 Å². The summed E-state index contributed by atoms with van der Waals surface area (Å²) < 4.78 is 98.2. The lowest BCUT2D eigenvalue weighted by Crippen LogP contribution is -2.24. The Hall–Kier alpha value is -2.41. The minimum atomic E-state index is -5.66. The molecule has 13 heteroatoms. The number of rotatable bonds is 4. The number of hydrogen-bond acceptors (Lipinski definition) is 4. The van der Waals surface area contributed by atoms with E-state index in [4.69, 9.17) is 12.2 Å².